The highest BCUT2D eigenvalue weighted by Crippen LogP contribution is 2.20. The summed E-state index contributed by atoms with van der Waals surface area (Å²) >= 11 is 0. The van der Waals surface area contributed by atoms with E-state index in [2.05, 4.69) is 0 Å². The second-order valence-electron chi connectivity index (χ2n) is 3.05. The molecule has 98 valence electrons. The number of hydrogen-bond donors (Lipinski definition) is 0. The van der Waals surface area contributed by atoms with Crippen LogP contribution in [0.5, 0.6) is 0 Å². The molecule has 2 rings (SSSR count). The van der Waals surface area contributed by atoms with Crippen molar-refractivity contribution < 1.29 is 30.6 Å². The van der Waals surface area contributed by atoms with Crippen molar-refractivity contribution in [3.63, 3.8) is 0 Å². The summed E-state index contributed by atoms with van der Waals surface area (Å²) in [5, 5.41) is 1.14. The minimum atomic E-state index is -6.09. The van der Waals surface area contributed by atoms with Gasteiger partial charge in [0.25, 0.3) is 0 Å². The fraction of sp³-hybridized carbons (Fsp3) is 0.100. The minimum Gasteiger partial charge on any atom is -0.741 e. The van der Waals surface area contributed by atoms with Crippen molar-refractivity contribution in [2.45, 2.75) is 5.51 Å². The highest BCUT2D eigenvalue weighted by Gasteiger charge is 2.36. The van der Waals surface area contributed by atoms with Gasteiger partial charge >= 0.3 is 17.4 Å². The summed E-state index contributed by atoms with van der Waals surface area (Å²) in [4.78, 5) is 0. The van der Waals surface area contributed by atoms with Gasteiger partial charge in [0.2, 0.25) is 0 Å². The average molecular weight is 280 g/mol. The Kier molecular flexibility index (Phi) is 4.25. The number of benzene rings is 1. The Morgan fingerprint density at radius 2 is 1.56 bits per heavy atom. The number of fused-ring (bicyclic) bond motifs is 1. The molecule has 0 saturated heterocycles. The van der Waals surface area contributed by atoms with Gasteiger partial charge in [0.15, 0.2) is 10.1 Å². The molecule has 1 aromatic carbocycles. The number of halogens is 3. The summed E-state index contributed by atoms with van der Waals surface area (Å²) in [5.74, 6) is 0. The van der Waals surface area contributed by atoms with Crippen LogP contribution in [0.4, 0.5) is 13.2 Å². The molecular formula is C10H7F3O4S. The number of para-hydroxylation sites is 1. The Labute approximate surface area is 100 Å². The third kappa shape index (κ3) is 3.97. The van der Waals surface area contributed by atoms with E-state index in [1.807, 2.05) is 36.4 Å². The fourth-order valence-corrected chi connectivity index (χ4v) is 0.981. The second-order valence-corrected chi connectivity index (χ2v) is 4.42. The average Bonchev–Trinajstić information content (AvgIpc) is 2.27. The molecule has 0 spiro atoms. The van der Waals surface area contributed by atoms with Gasteiger partial charge in [-0.2, -0.15) is 13.2 Å². The van der Waals surface area contributed by atoms with E-state index in [1.165, 1.54) is 0 Å². The molecule has 0 unspecified atom stereocenters. The number of rotatable bonds is 0. The van der Waals surface area contributed by atoms with Crippen LogP contribution >= 0.6 is 0 Å². The first kappa shape index (κ1) is 14.4. The number of alkyl halides is 3. The summed E-state index contributed by atoms with van der Waals surface area (Å²) in [6, 6.07) is 11.9. The summed E-state index contributed by atoms with van der Waals surface area (Å²) in [6.45, 7) is 0. The molecule has 0 atom stereocenters. The molecule has 4 nitrogen and oxygen atoms in total. The first-order chi connectivity index (χ1) is 8.22. The van der Waals surface area contributed by atoms with Gasteiger partial charge in [-0.3, -0.25) is 0 Å². The molecule has 0 aliphatic carbocycles. The van der Waals surface area contributed by atoms with Crippen LogP contribution in [0.25, 0.3) is 11.0 Å². The summed E-state index contributed by atoms with van der Waals surface area (Å²) in [7, 11) is -6.09. The molecule has 0 fully saturated rings. The van der Waals surface area contributed by atoms with Crippen LogP contribution in [-0.2, 0) is 10.1 Å². The van der Waals surface area contributed by atoms with Crippen molar-refractivity contribution in [1.82, 2.24) is 0 Å². The number of hydrogen-bond acceptors (Lipinski definition) is 3. The van der Waals surface area contributed by atoms with Crippen LogP contribution in [0.2, 0.25) is 0 Å². The van der Waals surface area contributed by atoms with Crippen LogP contribution in [-0.4, -0.2) is 18.5 Å². The topological polar surface area (TPSA) is 68.5 Å². The van der Waals surface area contributed by atoms with Crippen molar-refractivity contribution in [3.8, 4) is 0 Å². The quantitative estimate of drug-likeness (QED) is 0.422. The van der Waals surface area contributed by atoms with Gasteiger partial charge in [-0.05, 0) is 12.1 Å². The van der Waals surface area contributed by atoms with E-state index in [9.17, 15) is 13.2 Å². The van der Waals surface area contributed by atoms with Crippen LogP contribution in [0.1, 0.15) is 0 Å². The lowest BCUT2D eigenvalue weighted by Crippen LogP contribution is -2.21. The Hall–Kier alpha value is -1.67. The van der Waals surface area contributed by atoms with Crippen molar-refractivity contribution in [2.75, 3.05) is 0 Å². The van der Waals surface area contributed by atoms with Crippen molar-refractivity contribution in [1.29, 1.82) is 0 Å². The molecule has 0 saturated carbocycles. The normalized spacial score (nSPS) is 11.8. The third-order valence-electron chi connectivity index (χ3n) is 1.75. The van der Waals surface area contributed by atoms with Gasteiger partial charge in [0.1, 0.15) is 0 Å². The fourth-order valence-electron chi connectivity index (χ4n) is 0.981. The maximum absolute atomic E-state index is 10.7. The lowest BCUT2D eigenvalue weighted by molar-refractivity contribution is -0.0517. The van der Waals surface area contributed by atoms with Gasteiger partial charge in [0, 0.05) is 12.1 Å². The Morgan fingerprint density at radius 1 is 1.06 bits per heavy atom. The third-order valence-corrected chi connectivity index (χ3v) is 2.32. The van der Waals surface area contributed by atoms with Crippen LogP contribution in [0.3, 0.4) is 0 Å². The zero-order valence-corrected chi connectivity index (χ0v) is 9.53. The van der Waals surface area contributed by atoms with E-state index in [1.54, 1.807) is 6.26 Å². The first-order valence-electron chi connectivity index (χ1n) is 4.49. The van der Waals surface area contributed by atoms with E-state index in [0.29, 0.717) is 0 Å². The Morgan fingerprint density at radius 3 is 2.06 bits per heavy atom. The Bertz CT molecular complexity index is 557. The standard InChI is InChI=1S/C9H7O.CHF3O3S/c1-2-6-9-8(4-1)5-3-7-10-9;2-1(3,4)8(5,6)7/h1-7H;(H,5,6,7)/q+1;/p-1. The molecule has 1 heterocycles. The highest BCUT2D eigenvalue weighted by molar-refractivity contribution is 7.86. The van der Waals surface area contributed by atoms with E-state index in [4.69, 9.17) is 17.4 Å². The predicted octanol–water partition coefficient (Wildman–Crippen LogP) is 2.77. The molecule has 1 aromatic heterocycles. The molecule has 0 aliphatic rings. The molecular weight excluding hydrogens is 273 g/mol. The maximum Gasteiger partial charge on any atom is 0.485 e. The summed E-state index contributed by atoms with van der Waals surface area (Å²) in [5.41, 5.74) is -4.71. The van der Waals surface area contributed by atoms with Crippen molar-refractivity contribution in [2.24, 2.45) is 0 Å². The van der Waals surface area contributed by atoms with Gasteiger partial charge in [-0.15, -0.1) is 0 Å². The molecule has 18 heavy (non-hydrogen) atoms. The molecule has 0 radical (unpaired) electrons. The van der Waals surface area contributed by atoms with Gasteiger partial charge < -0.3 is 4.55 Å². The van der Waals surface area contributed by atoms with Crippen molar-refractivity contribution >= 4 is 21.1 Å². The van der Waals surface area contributed by atoms with Gasteiger partial charge in [-0.1, -0.05) is 12.1 Å². The minimum absolute atomic E-state index is 0.935. The van der Waals surface area contributed by atoms with Crippen LogP contribution in [0.15, 0.2) is 47.1 Å². The smallest absolute Gasteiger partial charge is 0.485 e. The van der Waals surface area contributed by atoms with Gasteiger partial charge in [-0.25, -0.2) is 12.8 Å². The van der Waals surface area contributed by atoms with Crippen LogP contribution in [0, 0.1) is 0 Å². The predicted molar refractivity (Wildman–Crippen MR) is 56.4 cm³/mol. The van der Waals surface area contributed by atoms with Crippen LogP contribution < -0.4 is 0 Å². The summed E-state index contributed by atoms with van der Waals surface area (Å²) < 4.78 is 64.1. The lowest BCUT2D eigenvalue weighted by Gasteiger charge is -2.08. The first-order valence-corrected chi connectivity index (χ1v) is 5.90. The largest absolute Gasteiger partial charge is 0.741 e. The highest BCUT2D eigenvalue weighted by atomic mass is 32.2. The molecule has 0 N–H and O–H groups in total. The molecule has 0 amide bonds. The van der Waals surface area contributed by atoms with E-state index in [0.717, 1.165) is 11.0 Å². The van der Waals surface area contributed by atoms with Crippen molar-refractivity contribution in [3.05, 3.63) is 42.7 Å². The molecule has 0 aliphatic heterocycles. The SMILES string of the molecule is O=S(=O)([O-])C(F)(F)F.c1ccc2[o+]cccc2c1. The maximum atomic E-state index is 10.7. The lowest BCUT2D eigenvalue weighted by atomic mass is 10.2. The second kappa shape index (κ2) is 5.32. The molecule has 0 bridgehead atoms. The van der Waals surface area contributed by atoms with E-state index >= 15 is 0 Å². The zero-order chi connectivity index (χ0) is 13.8. The zero-order valence-electron chi connectivity index (χ0n) is 8.72. The molecule has 2 aromatic rings. The van der Waals surface area contributed by atoms with E-state index < -0.39 is 15.6 Å². The van der Waals surface area contributed by atoms with Gasteiger partial charge in [0.05, 0.1) is 5.39 Å². The van der Waals surface area contributed by atoms with E-state index in [-0.39, 0.29) is 0 Å². The molecule has 8 heteroatoms. The Balaban J connectivity index is 0.000000187. The summed E-state index contributed by atoms with van der Waals surface area (Å²) in [6.07, 6.45) is 1.68. The monoisotopic (exact) mass is 280 g/mol.